The molecule has 3 unspecified atom stereocenters. The zero-order valence-corrected chi connectivity index (χ0v) is 20.4. The van der Waals surface area contributed by atoms with Crippen molar-refractivity contribution in [3.8, 4) is 23.1 Å². The van der Waals surface area contributed by atoms with E-state index >= 15 is 0 Å². The summed E-state index contributed by atoms with van der Waals surface area (Å²) in [5.74, 6) is 3.76. The number of nitrogens with zero attached hydrogens (tertiary/aromatic N) is 1. The first-order valence-corrected chi connectivity index (χ1v) is 12.9. The number of aliphatic carboxylic acids is 1. The van der Waals surface area contributed by atoms with E-state index in [1.54, 1.807) is 26.1 Å². The van der Waals surface area contributed by atoms with Gasteiger partial charge in [-0.2, -0.15) is 0 Å². The average Bonchev–Trinajstić information content (AvgIpc) is 2.84. The highest BCUT2D eigenvalue weighted by Crippen LogP contribution is 2.57. The van der Waals surface area contributed by atoms with E-state index in [4.69, 9.17) is 4.52 Å². The molecular weight excluding hydrogens is 468 g/mol. The topological polar surface area (TPSA) is 96.7 Å². The summed E-state index contributed by atoms with van der Waals surface area (Å²) in [7, 11) is -3.87. The SMILES string of the molecule is CC(C)P(=O)(OCC#Cc1ccc(-c2ccccc2)nc1)C(C(=O)O)C(O)Cc1ccc(F)cc1. The molecule has 1 heterocycles. The first-order chi connectivity index (χ1) is 16.7. The first kappa shape index (κ1) is 26.3. The van der Waals surface area contributed by atoms with Crippen molar-refractivity contribution in [1.82, 2.24) is 4.98 Å². The van der Waals surface area contributed by atoms with Crippen molar-refractivity contribution in [3.63, 3.8) is 0 Å². The molecule has 6 nitrogen and oxygen atoms in total. The number of rotatable bonds is 9. The molecule has 0 bridgehead atoms. The minimum Gasteiger partial charge on any atom is -0.481 e. The Kier molecular flexibility index (Phi) is 8.95. The number of pyridine rings is 1. The predicted molar refractivity (Wildman–Crippen MR) is 133 cm³/mol. The Labute approximate surface area is 204 Å². The molecule has 0 aliphatic heterocycles. The summed E-state index contributed by atoms with van der Waals surface area (Å²) >= 11 is 0. The van der Waals surface area contributed by atoms with Gasteiger partial charge in [0.25, 0.3) is 0 Å². The molecule has 0 saturated carbocycles. The molecule has 8 heteroatoms. The van der Waals surface area contributed by atoms with Gasteiger partial charge < -0.3 is 14.7 Å². The van der Waals surface area contributed by atoms with Crippen molar-refractivity contribution in [2.45, 2.75) is 37.7 Å². The summed E-state index contributed by atoms with van der Waals surface area (Å²) in [4.78, 5) is 16.4. The van der Waals surface area contributed by atoms with E-state index in [0.717, 1.165) is 11.3 Å². The van der Waals surface area contributed by atoms with Crippen LogP contribution in [0, 0.1) is 17.7 Å². The van der Waals surface area contributed by atoms with Gasteiger partial charge in [0.15, 0.2) is 5.66 Å². The van der Waals surface area contributed by atoms with Crippen molar-refractivity contribution in [3.05, 3.63) is 89.9 Å². The number of benzene rings is 2. The minimum absolute atomic E-state index is 0.109. The van der Waals surface area contributed by atoms with Crippen LogP contribution >= 0.6 is 7.37 Å². The number of halogens is 1. The van der Waals surface area contributed by atoms with E-state index in [0.29, 0.717) is 11.1 Å². The molecule has 0 radical (unpaired) electrons. The van der Waals surface area contributed by atoms with Crippen LogP contribution in [-0.4, -0.2) is 45.2 Å². The van der Waals surface area contributed by atoms with Crippen LogP contribution in [0.2, 0.25) is 0 Å². The lowest BCUT2D eigenvalue weighted by molar-refractivity contribution is -0.138. The third-order valence-electron chi connectivity index (χ3n) is 5.49. The Morgan fingerprint density at radius 3 is 2.34 bits per heavy atom. The van der Waals surface area contributed by atoms with Crippen molar-refractivity contribution < 1.29 is 28.5 Å². The van der Waals surface area contributed by atoms with Crippen LogP contribution < -0.4 is 0 Å². The molecule has 3 aromatic rings. The summed E-state index contributed by atoms with van der Waals surface area (Å²) in [5.41, 5.74) is 0.607. The van der Waals surface area contributed by atoms with E-state index in [1.165, 1.54) is 24.3 Å². The minimum atomic E-state index is -3.87. The molecule has 182 valence electrons. The third kappa shape index (κ3) is 6.86. The Hall–Kier alpha value is -3.30. The van der Waals surface area contributed by atoms with Crippen molar-refractivity contribution in [2.75, 3.05) is 6.61 Å². The molecule has 0 saturated heterocycles. The van der Waals surface area contributed by atoms with Crippen molar-refractivity contribution in [2.24, 2.45) is 0 Å². The summed E-state index contributed by atoms with van der Waals surface area (Å²) in [6.45, 7) is 2.89. The molecule has 1 aromatic heterocycles. The predicted octanol–water partition coefficient (Wildman–Crippen LogP) is 5.00. The quantitative estimate of drug-likeness (QED) is 0.320. The zero-order chi connectivity index (χ0) is 25.4. The summed E-state index contributed by atoms with van der Waals surface area (Å²) in [6, 6.07) is 18.6. The summed E-state index contributed by atoms with van der Waals surface area (Å²) in [6.07, 6.45) is 0.0145. The van der Waals surface area contributed by atoms with Gasteiger partial charge in [-0.3, -0.25) is 14.3 Å². The van der Waals surface area contributed by atoms with Gasteiger partial charge in [-0.1, -0.05) is 68.2 Å². The molecule has 0 aliphatic rings. The number of aliphatic hydroxyl groups is 1. The van der Waals surface area contributed by atoms with Gasteiger partial charge >= 0.3 is 5.97 Å². The fourth-order valence-corrected chi connectivity index (χ4v) is 5.86. The fraction of sp³-hybridized carbons (Fsp3) is 0.259. The van der Waals surface area contributed by atoms with E-state index in [2.05, 4.69) is 16.8 Å². The number of aromatic nitrogens is 1. The van der Waals surface area contributed by atoms with E-state index < -0.39 is 36.6 Å². The molecule has 0 spiro atoms. The number of hydrogen-bond donors (Lipinski definition) is 2. The number of carboxylic acids is 1. The second kappa shape index (κ2) is 11.9. The maximum Gasteiger partial charge on any atom is 0.319 e. The van der Waals surface area contributed by atoms with Gasteiger partial charge in [-0.05, 0) is 36.2 Å². The van der Waals surface area contributed by atoms with Crippen LogP contribution in [-0.2, 0) is 20.3 Å². The molecule has 0 fully saturated rings. The van der Waals surface area contributed by atoms with Crippen LogP contribution in [0.3, 0.4) is 0 Å². The monoisotopic (exact) mass is 495 g/mol. The Morgan fingerprint density at radius 2 is 1.77 bits per heavy atom. The largest absolute Gasteiger partial charge is 0.481 e. The highest BCUT2D eigenvalue weighted by molar-refractivity contribution is 7.61. The average molecular weight is 495 g/mol. The van der Waals surface area contributed by atoms with E-state index in [-0.39, 0.29) is 13.0 Å². The molecule has 3 atom stereocenters. The smallest absolute Gasteiger partial charge is 0.319 e. The van der Waals surface area contributed by atoms with E-state index in [9.17, 15) is 24.0 Å². The Morgan fingerprint density at radius 1 is 1.09 bits per heavy atom. The molecule has 0 aliphatic carbocycles. The van der Waals surface area contributed by atoms with Gasteiger partial charge in [0.05, 0.1) is 11.8 Å². The maximum atomic E-state index is 13.7. The lowest BCUT2D eigenvalue weighted by Gasteiger charge is -2.30. The zero-order valence-electron chi connectivity index (χ0n) is 19.5. The second-order valence-electron chi connectivity index (χ2n) is 8.29. The van der Waals surface area contributed by atoms with Crippen LogP contribution in [0.4, 0.5) is 4.39 Å². The first-order valence-electron chi connectivity index (χ1n) is 11.1. The molecule has 0 amide bonds. The molecule has 2 N–H and O–H groups in total. The van der Waals surface area contributed by atoms with Gasteiger partial charge in [0.2, 0.25) is 7.37 Å². The molecular formula is C27H27FNO5P. The number of aliphatic hydroxyl groups excluding tert-OH is 1. The van der Waals surface area contributed by atoms with Gasteiger partial charge in [0, 0.05) is 23.0 Å². The third-order valence-corrected chi connectivity index (χ3v) is 8.80. The summed E-state index contributed by atoms with van der Waals surface area (Å²) < 4.78 is 32.4. The Bertz CT molecular complexity index is 1230. The van der Waals surface area contributed by atoms with Gasteiger partial charge in [0.1, 0.15) is 12.4 Å². The number of carbonyl (C=O) groups is 1. The normalized spacial score (nSPS) is 14.4. The summed E-state index contributed by atoms with van der Waals surface area (Å²) in [5, 5.41) is 20.5. The van der Waals surface area contributed by atoms with Crippen LogP contribution in [0.25, 0.3) is 11.3 Å². The number of carboxylic acid groups (broad SMARTS) is 1. The molecule has 2 aromatic carbocycles. The second-order valence-corrected chi connectivity index (χ2v) is 11.4. The fourth-order valence-electron chi connectivity index (χ4n) is 3.60. The van der Waals surface area contributed by atoms with Gasteiger partial charge in [-0.25, -0.2) is 4.39 Å². The van der Waals surface area contributed by atoms with Crippen LogP contribution in [0.15, 0.2) is 72.9 Å². The number of hydrogen-bond acceptors (Lipinski definition) is 5. The Balaban J connectivity index is 1.71. The lowest BCUT2D eigenvalue weighted by Crippen LogP contribution is -2.38. The standard InChI is InChI=1S/C27H27FNO5P/c1-19(2)35(33,26(27(31)32)25(30)17-20-10-13-23(28)14-11-20)34-16-6-7-21-12-15-24(29-18-21)22-8-4-3-5-9-22/h3-5,8-15,18-19,25-26,30H,16-17H2,1-2H3,(H,31,32). The highest BCUT2D eigenvalue weighted by Gasteiger charge is 2.46. The van der Waals surface area contributed by atoms with Crippen molar-refractivity contribution in [1.29, 1.82) is 0 Å². The van der Waals surface area contributed by atoms with Crippen LogP contribution in [0.1, 0.15) is 25.0 Å². The molecule has 3 rings (SSSR count). The highest BCUT2D eigenvalue weighted by atomic mass is 31.2. The van der Waals surface area contributed by atoms with Crippen molar-refractivity contribution >= 4 is 13.3 Å². The maximum absolute atomic E-state index is 13.7. The lowest BCUT2D eigenvalue weighted by atomic mass is 10.1. The van der Waals surface area contributed by atoms with Gasteiger partial charge in [-0.15, -0.1) is 0 Å². The van der Waals surface area contributed by atoms with Crippen LogP contribution in [0.5, 0.6) is 0 Å². The molecule has 35 heavy (non-hydrogen) atoms. The van der Waals surface area contributed by atoms with E-state index in [1.807, 2.05) is 36.4 Å².